The fourth-order valence-corrected chi connectivity index (χ4v) is 1.59. The van der Waals surface area contributed by atoms with Crippen molar-refractivity contribution in [2.24, 2.45) is 5.41 Å². The Hall–Kier alpha value is -1.10. The van der Waals surface area contributed by atoms with Crippen LogP contribution in [0.4, 0.5) is 0 Å². The maximum Gasteiger partial charge on any atom is 0.303 e. The summed E-state index contributed by atoms with van der Waals surface area (Å²) in [6.07, 6.45) is 1.15. The molecule has 0 rings (SSSR count). The predicted octanol–water partition coefficient (Wildman–Crippen LogP) is 0.993. The summed E-state index contributed by atoms with van der Waals surface area (Å²) in [5, 5.41) is 14.7. The van der Waals surface area contributed by atoms with Crippen LogP contribution in [0, 0.1) is 5.41 Å². The van der Waals surface area contributed by atoms with Crippen molar-refractivity contribution in [2.45, 2.75) is 40.0 Å². The monoisotopic (exact) mass is 244 g/mol. The van der Waals surface area contributed by atoms with Crippen LogP contribution in [0.25, 0.3) is 0 Å². The van der Waals surface area contributed by atoms with Crippen LogP contribution in [-0.2, 0) is 9.59 Å². The topological polar surface area (TPSA) is 78.4 Å². The first-order chi connectivity index (χ1) is 7.87. The van der Waals surface area contributed by atoms with Gasteiger partial charge in [0.1, 0.15) is 0 Å². The third-order valence-electron chi connectivity index (χ3n) is 2.37. The van der Waals surface area contributed by atoms with Gasteiger partial charge in [-0.15, -0.1) is 0 Å². The van der Waals surface area contributed by atoms with Gasteiger partial charge >= 0.3 is 5.97 Å². The van der Waals surface area contributed by atoms with Crippen LogP contribution < -0.4 is 10.6 Å². The average Bonchev–Trinajstić information content (AvgIpc) is 2.14. The van der Waals surface area contributed by atoms with Crippen LogP contribution in [0.2, 0.25) is 0 Å². The Balaban J connectivity index is 3.73. The Morgan fingerprint density at radius 1 is 1.18 bits per heavy atom. The first-order valence-corrected chi connectivity index (χ1v) is 6.06. The third-order valence-corrected chi connectivity index (χ3v) is 2.37. The van der Waals surface area contributed by atoms with Crippen LogP contribution in [0.15, 0.2) is 0 Å². The molecule has 0 saturated carbocycles. The lowest BCUT2D eigenvalue weighted by molar-refractivity contribution is -0.139. The molecule has 0 heterocycles. The minimum absolute atomic E-state index is 0.0117. The van der Waals surface area contributed by atoms with E-state index in [4.69, 9.17) is 5.11 Å². The molecule has 0 aromatic rings. The van der Waals surface area contributed by atoms with Crippen molar-refractivity contribution in [2.75, 3.05) is 19.6 Å². The lowest BCUT2D eigenvalue weighted by Gasteiger charge is -2.21. The van der Waals surface area contributed by atoms with Gasteiger partial charge in [-0.25, -0.2) is 0 Å². The molecule has 0 radical (unpaired) electrons. The van der Waals surface area contributed by atoms with Crippen molar-refractivity contribution in [1.82, 2.24) is 10.6 Å². The standard InChI is InChI=1S/C12H24N2O3/c1-4-13-6-5-7-14-10(15)8-12(2,3)9-11(16)17/h13H,4-9H2,1-3H3,(H,14,15)(H,16,17). The van der Waals surface area contributed by atoms with Gasteiger partial charge in [0.25, 0.3) is 0 Å². The number of carboxylic acid groups (broad SMARTS) is 1. The molecule has 0 aliphatic heterocycles. The molecule has 0 aromatic carbocycles. The highest BCUT2D eigenvalue weighted by atomic mass is 16.4. The van der Waals surface area contributed by atoms with Crippen LogP contribution >= 0.6 is 0 Å². The van der Waals surface area contributed by atoms with E-state index in [0.29, 0.717) is 6.54 Å². The zero-order valence-corrected chi connectivity index (χ0v) is 11.0. The highest BCUT2D eigenvalue weighted by Crippen LogP contribution is 2.24. The molecular formula is C12H24N2O3. The number of hydrogen-bond donors (Lipinski definition) is 3. The molecule has 0 aromatic heterocycles. The van der Waals surface area contributed by atoms with Gasteiger partial charge in [-0.05, 0) is 24.9 Å². The van der Waals surface area contributed by atoms with Gasteiger partial charge in [-0.2, -0.15) is 0 Å². The van der Waals surface area contributed by atoms with Gasteiger partial charge < -0.3 is 15.7 Å². The van der Waals surface area contributed by atoms with Gasteiger partial charge in [-0.3, -0.25) is 9.59 Å². The summed E-state index contributed by atoms with van der Waals surface area (Å²) < 4.78 is 0. The number of carbonyl (C=O) groups is 2. The van der Waals surface area contributed by atoms with Crippen molar-refractivity contribution in [3.8, 4) is 0 Å². The molecule has 0 atom stereocenters. The number of aliphatic carboxylic acids is 1. The first-order valence-electron chi connectivity index (χ1n) is 6.06. The second kappa shape index (κ2) is 8.06. The Kier molecular flexibility index (Phi) is 7.54. The number of amides is 1. The molecule has 3 N–H and O–H groups in total. The highest BCUT2D eigenvalue weighted by molar-refractivity contribution is 5.77. The molecule has 0 aliphatic carbocycles. The number of hydrogen-bond acceptors (Lipinski definition) is 3. The minimum atomic E-state index is -0.866. The zero-order chi connectivity index (χ0) is 13.3. The smallest absolute Gasteiger partial charge is 0.303 e. The Bertz CT molecular complexity index is 252. The highest BCUT2D eigenvalue weighted by Gasteiger charge is 2.24. The number of rotatable bonds is 9. The lowest BCUT2D eigenvalue weighted by Crippen LogP contribution is -2.31. The predicted molar refractivity (Wildman–Crippen MR) is 66.8 cm³/mol. The van der Waals surface area contributed by atoms with Crippen LogP contribution in [-0.4, -0.2) is 36.6 Å². The molecule has 100 valence electrons. The summed E-state index contributed by atoms with van der Waals surface area (Å²) in [6.45, 7) is 8.07. The molecule has 0 spiro atoms. The fourth-order valence-electron chi connectivity index (χ4n) is 1.59. The van der Waals surface area contributed by atoms with E-state index < -0.39 is 11.4 Å². The van der Waals surface area contributed by atoms with Crippen LogP contribution in [0.5, 0.6) is 0 Å². The van der Waals surface area contributed by atoms with E-state index in [1.165, 1.54) is 0 Å². The van der Waals surface area contributed by atoms with Gasteiger partial charge in [-0.1, -0.05) is 20.8 Å². The summed E-state index contributed by atoms with van der Waals surface area (Å²) in [6, 6.07) is 0. The second-order valence-electron chi connectivity index (χ2n) is 4.97. The molecule has 5 heteroatoms. The van der Waals surface area contributed by atoms with E-state index >= 15 is 0 Å². The van der Waals surface area contributed by atoms with Gasteiger partial charge in [0.2, 0.25) is 5.91 Å². The normalized spacial score (nSPS) is 11.2. The van der Waals surface area contributed by atoms with E-state index in [-0.39, 0.29) is 18.7 Å². The lowest BCUT2D eigenvalue weighted by atomic mass is 9.85. The van der Waals surface area contributed by atoms with Crippen molar-refractivity contribution in [3.63, 3.8) is 0 Å². The van der Waals surface area contributed by atoms with Gasteiger partial charge in [0, 0.05) is 13.0 Å². The van der Waals surface area contributed by atoms with E-state index in [9.17, 15) is 9.59 Å². The minimum Gasteiger partial charge on any atom is -0.481 e. The van der Waals surface area contributed by atoms with E-state index in [1.807, 2.05) is 6.92 Å². The SMILES string of the molecule is CCNCCCNC(=O)CC(C)(C)CC(=O)O. The van der Waals surface area contributed by atoms with Crippen molar-refractivity contribution in [1.29, 1.82) is 0 Å². The zero-order valence-electron chi connectivity index (χ0n) is 11.0. The van der Waals surface area contributed by atoms with E-state index in [1.54, 1.807) is 13.8 Å². The third kappa shape index (κ3) is 9.81. The molecule has 0 saturated heterocycles. The largest absolute Gasteiger partial charge is 0.481 e. The van der Waals surface area contributed by atoms with E-state index in [0.717, 1.165) is 19.5 Å². The van der Waals surface area contributed by atoms with Crippen LogP contribution in [0.1, 0.15) is 40.0 Å². The quantitative estimate of drug-likeness (QED) is 0.529. The maximum atomic E-state index is 11.5. The first kappa shape index (κ1) is 15.9. The Morgan fingerprint density at radius 2 is 1.82 bits per heavy atom. The number of carboxylic acids is 1. The second-order valence-corrected chi connectivity index (χ2v) is 4.97. The summed E-state index contributed by atoms with van der Waals surface area (Å²) in [5.74, 6) is -0.942. The molecule has 0 aliphatic rings. The summed E-state index contributed by atoms with van der Waals surface area (Å²) >= 11 is 0. The molecule has 0 fully saturated rings. The number of carbonyl (C=O) groups excluding carboxylic acids is 1. The van der Waals surface area contributed by atoms with Gasteiger partial charge in [0.05, 0.1) is 6.42 Å². The maximum absolute atomic E-state index is 11.5. The average molecular weight is 244 g/mol. The van der Waals surface area contributed by atoms with Crippen molar-refractivity contribution < 1.29 is 14.7 Å². The Morgan fingerprint density at radius 3 is 2.35 bits per heavy atom. The van der Waals surface area contributed by atoms with Gasteiger partial charge in [0.15, 0.2) is 0 Å². The Labute approximate surface area is 103 Å². The van der Waals surface area contributed by atoms with Crippen molar-refractivity contribution >= 4 is 11.9 Å². The fraction of sp³-hybridized carbons (Fsp3) is 0.833. The van der Waals surface area contributed by atoms with E-state index in [2.05, 4.69) is 10.6 Å². The molecule has 0 unspecified atom stereocenters. The molecule has 5 nitrogen and oxygen atoms in total. The molecule has 1 amide bonds. The number of nitrogens with one attached hydrogen (secondary N) is 2. The summed E-state index contributed by atoms with van der Waals surface area (Å²) in [7, 11) is 0. The summed E-state index contributed by atoms with van der Waals surface area (Å²) in [5.41, 5.74) is -0.489. The van der Waals surface area contributed by atoms with Crippen LogP contribution in [0.3, 0.4) is 0 Å². The molecule has 0 bridgehead atoms. The molecule has 17 heavy (non-hydrogen) atoms. The summed E-state index contributed by atoms with van der Waals surface area (Å²) in [4.78, 5) is 22.1. The molecular weight excluding hydrogens is 220 g/mol. The van der Waals surface area contributed by atoms with Crippen molar-refractivity contribution in [3.05, 3.63) is 0 Å².